The molecule has 0 aliphatic heterocycles. The third-order valence-corrected chi connectivity index (χ3v) is 3.28. The second-order valence-corrected chi connectivity index (χ2v) is 4.45. The van der Waals surface area contributed by atoms with Crippen molar-refractivity contribution in [3.63, 3.8) is 0 Å². The highest BCUT2D eigenvalue weighted by molar-refractivity contribution is 4.97. The van der Waals surface area contributed by atoms with Crippen molar-refractivity contribution in [2.24, 2.45) is 11.3 Å². The Morgan fingerprint density at radius 3 is 2.55 bits per heavy atom. The van der Waals surface area contributed by atoms with Crippen LogP contribution >= 0.6 is 0 Å². The summed E-state index contributed by atoms with van der Waals surface area (Å²) >= 11 is 0. The predicted molar refractivity (Wildman–Crippen MR) is 50.6 cm³/mol. The van der Waals surface area contributed by atoms with Crippen molar-refractivity contribution in [3.8, 4) is 0 Å². The fraction of sp³-hybridized carbons (Fsp3) is 1.00. The van der Waals surface area contributed by atoms with Crippen LogP contribution in [0.1, 0.15) is 59.3 Å². The Morgan fingerprint density at radius 2 is 2.00 bits per heavy atom. The maximum Gasteiger partial charge on any atom is -0.0294 e. The van der Waals surface area contributed by atoms with E-state index in [1.807, 2.05) is 0 Å². The van der Waals surface area contributed by atoms with Gasteiger partial charge in [0.2, 0.25) is 0 Å². The van der Waals surface area contributed by atoms with E-state index in [9.17, 15) is 0 Å². The van der Waals surface area contributed by atoms with Crippen LogP contribution in [-0.2, 0) is 0 Å². The zero-order chi connectivity index (χ0) is 8.32. The van der Waals surface area contributed by atoms with Crippen molar-refractivity contribution in [1.82, 2.24) is 0 Å². The summed E-state index contributed by atoms with van der Waals surface area (Å²) in [5.74, 6) is 1.08. The first-order valence-electron chi connectivity index (χ1n) is 5.23. The Labute approximate surface area is 71.4 Å². The molecule has 0 radical (unpaired) electrons. The van der Waals surface area contributed by atoms with Gasteiger partial charge in [-0.25, -0.2) is 0 Å². The lowest BCUT2D eigenvalue weighted by Crippen LogP contribution is -1.97. The van der Waals surface area contributed by atoms with Gasteiger partial charge in [0.25, 0.3) is 0 Å². The average molecular weight is 154 g/mol. The Kier molecular flexibility index (Phi) is 2.98. The van der Waals surface area contributed by atoms with E-state index in [0.717, 1.165) is 11.3 Å². The molecule has 0 nitrogen and oxygen atoms in total. The van der Waals surface area contributed by atoms with E-state index >= 15 is 0 Å². The first-order valence-corrected chi connectivity index (χ1v) is 5.23. The average Bonchev–Trinajstić information content (AvgIpc) is 2.60. The van der Waals surface area contributed by atoms with Crippen LogP contribution in [-0.4, -0.2) is 0 Å². The summed E-state index contributed by atoms with van der Waals surface area (Å²) in [6, 6.07) is 0. The van der Waals surface area contributed by atoms with Crippen molar-refractivity contribution >= 4 is 0 Å². The largest absolute Gasteiger partial charge is 0.0654 e. The molecule has 1 fully saturated rings. The summed E-state index contributed by atoms with van der Waals surface area (Å²) in [5.41, 5.74) is 0.770. The third-order valence-electron chi connectivity index (χ3n) is 3.28. The van der Waals surface area contributed by atoms with Crippen LogP contribution in [0.4, 0.5) is 0 Å². The molecule has 0 aromatic carbocycles. The van der Waals surface area contributed by atoms with E-state index in [4.69, 9.17) is 0 Å². The summed E-state index contributed by atoms with van der Waals surface area (Å²) in [4.78, 5) is 0. The molecule has 0 aromatic rings. The van der Waals surface area contributed by atoms with E-state index in [2.05, 4.69) is 20.8 Å². The smallest absolute Gasteiger partial charge is 0.0294 e. The van der Waals surface area contributed by atoms with Gasteiger partial charge in [-0.05, 0) is 24.2 Å². The van der Waals surface area contributed by atoms with Crippen molar-refractivity contribution in [2.45, 2.75) is 59.3 Å². The minimum atomic E-state index is 0.770. The van der Waals surface area contributed by atoms with Gasteiger partial charge in [0.05, 0.1) is 0 Å². The molecule has 1 rings (SSSR count). The number of hydrogen-bond donors (Lipinski definition) is 0. The number of hydrogen-bond acceptors (Lipinski definition) is 0. The van der Waals surface area contributed by atoms with Crippen molar-refractivity contribution in [2.75, 3.05) is 0 Å². The lowest BCUT2D eigenvalue weighted by molar-refractivity contribution is 0.428. The summed E-state index contributed by atoms with van der Waals surface area (Å²) in [5, 5.41) is 0. The predicted octanol–water partition coefficient (Wildman–Crippen LogP) is 4.00. The van der Waals surface area contributed by atoms with Gasteiger partial charge in [0.15, 0.2) is 0 Å². The van der Waals surface area contributed by atoms with Gasteiger partial charge in [-0.2, -0.15) is 0 Å². The molecule has 66 valence electrons. The van der Waals surface area contributed by atoms with Crippen molar-refractivity contribution in [1.29, 1.82) is 0 Å². The van der Waals surface area contributed by atoms with Gasteiger partial charge in [-0.3, -0.25) is 0 Å². The van der Waals surface area contributed by atoms with Crippen LogP contribution in [0.2, 0.25) is 0 Å². The quantitative estimate of drug-likeness (QED) is 0.561. The standard InChI is InChI=1S/C11H22/c1-4-6-8-11(3)9-10(11)7-5-2/h10H,4-9H2,1-3H3. The normalized spacial score (nSPS) is 35.7. The monoisotopic (exact) mass is 154 g/mol. The van der Waals surface area contributed by atoms with E-state index in [1.165, 1.54) is 38.5 Å². The maximum absolute atomic E-state index is 2.48. The van der Waals surface area contributed by atoms with Crippen LogP contribution < -0.4 is 0 Å². The summed E-state index contributed by atoms with van der Waals surface area (Å²) < 4.78 is 0. The minimum absolute atomic E-state index is 0.770. The highest BCUT2D eigenvalue weighted by Gasteiger charge is 2.47. The molecular weight excluding hydrogens is 132 g/mol. The summed E-state index contributed by atoms with van der Waals surface area (Å²) in [6.07, 6.45) is 8.66. The topological polar surface area (TPSA) is 0 Å². The maximum atomic E-state index is 2.48. The van der Waals surface area contributed by atoms with Crippen molar-refractivity contribution in [3.05, 3.63) is 0 Å². The molecule has 0 N–H and O–H groups in total. The van der Waals surface area contributed by atoms with Gasteiger partial charge in [-0.15, -0.1) is 0 Å². The highest BCUT2D eigenvalue weighted by atomic mass is 14.5. The highest BCUT2D eigenvalue weighted by Crippen LogP contribution is 2.57. The van der Waals surface area contributed by atoms with E-state index in [0.29, 0.717) is 0 Å². The minimum Gasteiger partial charge on any atom is -0.0654 e. The Morgan fingerprint density at radius 1 is 1.27 bits per heavy atom. The molecule has 1 aliphatic rings. The van der Waals surface area contributed by atoms with Crippen LogP contribution in [0.25, 0.3) is 0 Å². The molecular formula is C11H22. The molecule has 0 heterocycles. The van der Waals surface area contributed by atoms with Gasteiger partial charge in [0, 0.05) is 0 Å². The van der Waals surface area contributed by atoms with Crippen LogP contribution in [0.3, 0.4) is 0 Å². The zero-order valence-electron chi connectivity index (χ0n) is 8.32. The van der Waals surface area contributed by atoms with E-state index in [1.54, 1.807) is 0 Å². The molecule has 0 bridgehead atoms. The second-order valence-electron chi connectivity index (χ2n) is 4.45. The summed E-state index contributed by atoms with van der Waals surface area (Å²) in [7, 11) is 0. The lowest BCUT2D eigenvalue weighted by atomic mass is 9.97. The van der Waals surface area contributed by atoms with E-state index in [-0.39, 0.29) is 0 Å². The van der Waals surface area contributed by atoms with Crippen molar-refractivity contribution < 1.29 is 0 Å². The molecule has 0 heteroatoms. The molecule has 1 saturated carbocycles. The lowest BCUT2D eigenvalue weighted by Gasteiger charge is -2.08. The molecule has 0 spiro atoms. The molecule has 0 amide bonds. The molecule has 1 aliphatic carbocycles. The molecule has 11 heavy (non-hydrogen) atoms. The fourth-order valence-corrected chi connectivity index (χ4v) is 2.19. The number of rotatable bonds is 5. The van der Waals surface area contributed by atoms with Crippen LogP contribution in [0.5, 0.6) is 0 Å². The molecule has 0 aromatic heterocycles. The van der Waals surface area contributed by atoms with E-state index < -0.39 is 0 Å². The van der Waals surface area contributed by atoms with Gasteiger partial charge in [-0.1, -0.05) is 46.5 Å². The number of unbranched alkanes of at least 4 members (excludes halogenated alkanes) is 1. The molecule has 0 saturated heterocycles. The fourth-order valence-electron chi connectivity index (χ4n) is 2.19. The van der Waals surface area contributed by atoms with Gasteiger partial charge < -0.3 is 0 Å². The zero-order valence-corrected chi connectivity index (χ0v) is 8.32. The third kappa shape index (κ3) is 2.21. The van der Waals surface area contributed by atoms with Crippen LogP contribution in [0.15, 0.2) is 0 Å². The molecule has 2 unspecified atom stereocenters. The summed E-state index contributed by atoms with van der Waals surface area (Å²) in [6.45, 7) is 7.07. The Balaban J connectivity index is 2.14. The molecule has 2 atom stereocenters. The van der Waals surface area contributed by atoms with Crippen LogP contribution in [0, 0.1) is 11.3 Å². The van der Waals surface area contributed by atoms with Gasteiger partial charge in [0.1, 0.15) is 0 Å². The first-order chi connectivity index (χ1) is 5.23. The first kappa shape index (κ1) is 9.09. The Hall–Kier alpha value is 0. The second kappa shape index (κ2) is 3.60. The Bertz CT molecular complexity index is 117. The van der Waals surface area contributed by atoms with Gasteiger partial charge >= 0.3 is 0 Å². The SMILES string of the molecule is CCCCC1(C)CC1CCC.